The van der Waals surface area contributed by atoms with Crippen LogP contribution in [0.5, 0.6) is 0 Å². The molecule has 0 bridgehead atoms. The number of pyridine rings is 2. The molecule has 0 amide bonds. The molecule has 0 aromatic carbocycles. The Morgan fingerprint density at radius 3 is 1.92 bits per heavy atom. The molecular formula is C14H13N4O6+3. The molecule has 0 radical (unpaired) electrons. The number of aromatic carboxylic acids is 2. The Bertz CT molecular complexity index is 795. The van der Waals surface area contributed by atoms with Crippen molar-refractivity contribution in [2.45, 2.75) is 0 Å². The SMILES string of the molecule is O=C1CN[N+]([n+]2cccc(C(=O)O)c2)([n+]2cccc(C(=O)O)c2)O1. The second-order valence-electron chi connectivity index (χ2n) is 4.90. The summed E-state index contributed by atoms with van der Waals surface area (Å²) in [7, 11) is 0. The third-order valence-electron chi connectivity index (χ3n) is 3.35. The van der Waals surface area contributed by atoms with Crippen LogP contribution in [0, 0.1) is 0 Å². The van der Waals surface area contributed by atoms with Crippen molar-refractivity contribution >= 4 is 17.9 Å². The van der Waals surface area contributed by atoms with Crippen molar-refractivity contribution in [1.29, 1.82) is 0 Å². The van der Waals surface area contributed by atoms with Crippen molar-refractivity contribution in [2.24, 2.45) is 0 Å². The van der Waals surface area contributed by atoms with Crippen LogP contribution in [0.15, 0.2) is 49.1 Å². The first-order valence-electron chi connectivity index (χ1n) is 6.80. The Hall–Kier alpha value is -3.37. The lowest BCUT2D eigenvalue weighted by atomic mass is 10.3. The molecule has 1 aliphatic rings. The lowest BCUT2D eigenvalue weighted by Gasteiger charge is -2.12. The van der Waals surface area contributed by atoms with Crippen molar-refractivity contribution in [3.05, 3.63) is 60.2 Å². The fourth-order valence-electron chi connectivity index (χ4n) is 2.27. The van der Waals surface area contributed by atoms with E-state index in [2.05, 4.69) is 5.43 Å². The maximum Gasteiger partial charge on any atom is 0.405 e. The molecule has 0 saturated carbocycles. The van der Waals surface area contributed by atoms with Gasteiger partial charge in [0.25, 0.3) is 12.4 Å². The van der Waals surface area contributed by atoms with Gasteiger partial charge in [-0.3, -0.25) is 0 Å². The number of hydrogen-bond acceptors (Lipinski definition) is 5. The molecule has 2 aromatic rings. The number of aromatic nitrogens is 2. The van der Waals surface area contributed by atoms with Crippen LogP contribution >= 0.6 is 0 Å². The normalized spacial score (nSPS) is 15.8. The van der Waals surface area contributed by atoms with Crippen LogP contribution in [0.1, 0.15) is 20.7 Å². The Kier molecular flexibility index (Phi) is 3.67. The van der Waals surface area contributed by atoms with Crippen LogP contribution in [-0.2, 0) is 9.63 Å². The number of rotatable bonds is 4. The Balaban J connectivity index is 2.18. The molecule has 1 fully saturated rings. The lowest BCUT2D eigenvalue weighted by Crippen LogP contribution is -2.91. The van der Waals surface area contributed by atoms with Crippen LogP contribution in [0.2, 0.25) is 0 Å². The number of carbonyl (C=O) groups is 3. The Morgan fingerprint density at radius 2 is 1.54 bits per heavy atom. The van der Waals surface area contributed by atoms with Gasteiger partial charge in [0.2, 0.25) is 12.4 Å². The minimum absolute atomic E-state index is 0.0326. The third kappa shape index (κ3) is 2.55. The molecule has 10 heteroatoms. The quantitative estimate of drug-likeness (QED) is 0.462. The smallest absolute Gasteiger partial charge is 0.405 e. The lowest BCUT2D eigenvalue weighted by molar-refractivity contribution is -1.12. The number of hydrogen-bond donors (Lipinski definition) is 3. The monoisotopic (exact) mass is 333 g/mol. The van der Waals surface area contributed by atoms with Gasteiger partial charge in [0.1, 0.15) is 11.1 Å². The first-order valence-corrected chi connectivity index (χ1v) is 6.80. The van der Waals surface area contributed by atoms with Crippen molar-refractivity contribution in [2.75, 3.05) is 6.54 Å². The van der Waals surface area contributed by atoms with Gasteiger partial charge in [0.15, 0.2) is 6.54 Å². The average molecular weight is 333 g/mol. The average Bonchev–Trinajstić information content (AvgIpc) is 2.98. The number of carbonyl (C=O) groups excluding carboxylic acids is 1. The van der Waals surface area contributed by atoms with Gasteiger partial charge in [0.05, 0.1) is 9.35 Å². The van der Waals surface area contributed by atoms with Gasteiger partial charge in [-0.05, 0) is 12.1 Å². The minimum Gasteiger partial charge on any atom is -0.477 e. The van der Waals surface area contributed by atoms with E-state index in [0.717, 1.165) is 0 Å². The topological polar surface area (TPSA) is 121 Å². The predicted octanol–water partition coefficient (Wildman–Crippen LogP) is -1.46. The van der Waals surface area contributed by atoms with Crippen LogP contribution in [-0.4, -0.2) is 34.7 Å². The van der Waals surface area contributed by atoms with E-state index in [1.54, 1.807) is 0 Å². The fraction of sp³-hybridized carbons (Fsp3) is 0.0714. The van der Waals surface area contributed by atoms with Crippen molar-refractivity contribution in [1.82, 2.24) is 10.4 Å². The summed E-state index contributed by atoms with van der Waals surface area (Å²) in [4.78, 5) is 38.6. The van der Waals surface area contributed by atoms with E-state index in [9.17, 15) is 14.4 Å². The Labute approximate surface area is 134 Å². The molecule has 1 aliphatic heterocycles. The standard InChI is InChI=1S/C14H11N4O6/c19-12-7-15-18(24-12,16-5-1-3-10(8-16)13(20)21)17-6-2-4-11(9-17)14(22)23/h1-6,8-9,15H,7H2/q+1/p+2. The Morgan fingerprint density at radius 1 is 1.04 bits per heavy atom. The van der Waals surface area contributed by atoms with Crippen LogP contribution in [0.25, 0.3) is 0 Å². The van der Waals surface area contributed by atoms with Crippen molar-refractivity contribution in [3.8, 4) is 0 Å². The zero-order valence-electron chi connectivity index (χ0n) is 12.2. The summed E-state index contributed by atoms with van der Waals surface area (Å²) in [6.45, 7) is -0.144. The second kappa shape index (κ2) is 5.68. The highest BCUT2D eigenvalue weighted by atomic mass is 16.9. The molecule has 2 aromatic heterocycles. The zero-order chi connectivity index (χ0) is 17.3. The molecule has 3 N–H and O–H groups in total. The van der Waals surface area contributed by atoms with Crippen molar-refractivity contribution in [3.63, 3.8) is 0 Å². The van der Waals surface area contributed by atoms with Gasteiger partial charge in [-0.2, -0.15) is 0 Å². The first kappa shape index (κ1) is 15.5. The van der Waals surface area contributed by atoms with Crippen molar-refractivity contribution < 1.29 is 38.8 Å². The number of nitrogens with one attached hydrogen (secondary N) is 1. The molecule has 0 atom stereocenters. The highest BCUT2D eigenvalue weighted by molar-refractivity contribution is 5.87. The molecule has 0 aliphatic carbocycles. The molecule has 10 nitrogen and oxygen atoms in total. The second-order valence-corrected chi connectivity index (χ2v) is 4.90. The molecule has 24 heavy (non-hydrogen) atoms. The molecule has 0 unspecified atom stereocenters. The van der Waals surface area contributed by atoms with E-state index >= 15 is 0 Å². The number of carboxylic acid groups (broad SMARTS) is 2. The van der Waals surface area contributed by atoms with E-state index < -0.39 is 22.9 Å². The number of quaternary nitrogens is 1. The van der Waals surface area contributed by atoms with E-state index in [-0.39, 0.29) is 17.7 Å². The largest absolute Gasteiger partial charge is 0.477 e. The third-order valence-corrected chi connectivity index (χ3v) is 3.35. The van der Waals surface area contributed by atoms with E-state index in [1.165, 1.54) is 58.4 Å². The van der Waals surface area contributed by atoms with Gasteiger partial charge < -0.3 is 10.2 Å². The highest BCUT2D eigenvalue weighted by Crippen LogP contribution is 2.03. The molecule has 122 valence electrons. The summed E-state index contributed by atoms with van der Waals surface area (Å²) < 4.78 is 2.58. The molecule has 3 rings (SSSR count). The van der Waals surface area contributed by atoms with Gasteiger partial charge in [-0.1, -0.05) is 0 Å². The molecule has 0 spiro atoms. The van der Waals surface area contributed by atoms with E-state index in [1.807, 2.05) is 0 Å². The highest BCUT2D eigenvalue weighted by Gasteiger charge is 2.60. The van der Waals surface area contributed by atoms with Crippen LogP contribution in [0.3, 0.4) is 0 Å². The molecule has 1 saturated heterocycles. The number of carboxylic acids is 2. The van der Waals surface area contributed by atoms with E-state index in [0.29, 0.717) is 0 Å². The molecule has 3 heterocycles. The van der Waals surface area contributed by atoms with Crippen LogP contribution in [0.4, 0.5) is 0 Å². The van der Waals surface area contributed by atoms with Gasteiger partial charge in [-0.25, -0.2) is 14.4 Å². The summed E-state index contributed by atoms with van der Waals surface area (Å²) in [5, 5.41) is 18.3. The summed E-state index contributed by atoms with van der Waals surface area (Å²) in [6.07, 6.45) is 5.49. The number of nitrogens with zero attached hydrogens (tertiary/aromatic N) is 3. The first-order chi connectivity index (χ1) is 11.4. The summed E-state index contributed by atoms with van der Waals surface area (Å²) in [5.74, 6) is -2.90. The predicted molar refractivity (Wildman–Crippen MR) is 74.2 cm³/mol. The summed E-state index contributed by atoms with van der Waals surface area (Å²) >= 11 is 0. The molecular weight excluding hydrogens is 320 g/mol. The van der Waals surface area contributed by atoms with E-state index in [4.69, 9.17) is 15.1 Å². The summed E-state index contributed by atoms with van der Waals surface area (Å²) in [5.41, 5.74) is 2.73. The summed E-state index contributed by atoms with van der Waals surface area (Å²) in [6, 6.07) is 5.70. The van der Waals surface area contributed by atoms with Gasteiger partial charge >= 0.3 is 22.9 Å². The van der Waals surface area contributed by atoms with Crippen LogP contribution < -0.4 is 19.8 Å². The maximum atomic E-state index is 11.7. The van der Waals surface area contributed by atoms with Gasteiger partial charge in [-0.15, -0.1) is 4.84 Å². The minimum atomic E-state index is -1.16. The zero-order valence-corrected chi connectivity index (χ0v) is 12.2. The maximum absolute atomic E-state index is 11.7. The fourth-order valence-corrected chi connectivity index (χ4v) is 2.27. The van der Waals surface area contributed by atoms with Gasteiger partial charge in [0, 0.05) is 17.6 Å².